The van der Waals surface area contributed by atoms with Crippen LogP contribution in [-0.4, -0.2) is 14.9 Å². The number of hydrogen-bond donors (Lipinski definition) is 3. The third-order valence-electron chi connectivity index (χ3n) is 3.15. The lowest BCUT2D eigenvalue weighted by Gasteiger charge is -2.07. The van der Waals surface area contributed by atoms with Crippen molar-refractivity contribution < 1.29 is 28.4 Å². The summed E-state index contributed by atoms with van der Waals surface area (Å²) in [6.45, 7) is 0. The largest absolute Gasteiger partial charge is 0.524 e. The summed E-state index contributed by atoms with van der Waals surface area (Å²) in [5.41, 5.74) is 0.771. The van der Waals surface area contributed by atoms with Crippen LogP contribution in [0.15, 0.2) is 57.9 Å². The number of phenols is 1. The highest BCUT2D eigenvalue weighted by molar-refractivity contribution is 7.46. The van der Waals surface area contributed by atoms with Crippen molar-refractivity contribution in [2.75, 3.05) is 0 Å². The molecule has 0 bridgehead atoms. The Morgan fingerprint density at radius 3 is 2.39 bits per heavy atom. The van der Waals surface area contributed by atoms with E-state index in [4.69, 9.17) is 14.2 Å². The molecule has 8 heteroatoms. The van der Waals surface area contributed by atoms with Gasteiger partial charge in [-0.3, -0.25) is 14.6 Å². The first kappa shape index (κ1) is 15.3. The molecule has 2 aromatic carbocycles. The fourth-order valence-electron chi connectivity index (χ4n) is 2.15. The van der Waals surface area contributed by atoms with Gasteiger partial charge in [0, 0.05) is 6.07 Å². The summed E-state index contributed by atoms with van der Waals surface area (Å²) >= 11 is 0. The van der Waals surface area contributed by atoms with Gasteiger partial charge in [0.05, 0.1) is 10.9 Å². The van der Waals surface area contributed by atoms with Crippen molar-refractivity contribution in [3.8, 4) is 22.6 Å². The van der Waals surface area contributed by atoms with Crippen LogP contribution in [0, 0.1) is 0 Å². The number of phosphoric ester groups is 1. The molecule has 3 rings (SSSR count). The minimum Gasteiger partial charge on any atom is -0.508 e. The van der Waals surface area contributed by atoms with Crippen LogP contribution in [-0.2, 0) is 4.57 Å². The second kappa shape index (κ2) is 5.55. The monoisotopic (exact) mass is 334 g/mol. The molecule has 0 atom stereocenters. The first-order valence-corrected chi connectivity index (χ1v) is 7.97. The molecular formula is C15H11O7P. The highest BCUT2D eigenvalue weighted by Crippen LogP contribution is 2.37. The summed E-state index contributed by atoms with van der Waals surface area (Å²) in [7, 11) is -4.63. The predicted octanol–water partition coefficient (Wildman–Crippen LogP) is 2.64. The Morgan fingerprint density at radius 1 is 1.04 bits per heavy atom. The molecule has 1 heterocycles. The molecule has 0 spiro atoms. The van der Waals surface area contributed by atoms with Crippen LogP contribution in [0.4, 0.5) is 0 Å². The number of phenolic OH excluding ortho intramolecular Hbond substituents is 1. The molecule has 23 heavy (non-hydrogen) atoms. The third-order valence-corrected chi connectivity index (χ3v) is 3.60. The van der Waals surface area contributed by atoms with E-state index in [1.54, 1.807) is 0 Å². The Morgan fingerprint density at radius 2 is 1.74 bits per heavy atom. The Bertz CT molecular complexity index is 969. The van der Waals surface area contributed by atoms with Crippen LogP contribution >= 0.6 is 7.82 Å². The molecule has 0 unspecified atom stereocenters. The van der Waals surface area contributed by atoms with Crippen LogP contribution in [0.3, 0.4) is 0 Å². The van der Waals surface area contributed by atoms with Crippen LogP contribution in [0.25, 0.3) is 22.1 Å². The average molecular weight is 334 g/mol. The van der Waals surface area contributed by atoms with Crippen molar-refractivity contribution in [3.05, 3.63) is 59.0 Å². The first-order valence-electron chi connectivity index (χ1n) is 6.43. The number of aromatic hydroxyl groups is 1. The lowest BCUT2D eigenvalue weighted by Crippen LogP contribution is -2.04. The van der Waals surface area contributed by atoms with E-state index in [0.29, 0.717) is 10.9 Å². The molecule has 0 amide bonds. The van der Waals surface area contributed by atoms with Crippen molar-refractivity contribution in [1.82, 2.24) is 0 Å². The van der Waals surface area contributed by atoms with Gasteiger partial charge in [-0.1, -0.05) is 12.1 Å². The Balaban J connectivity index is 2.03. The van der Waals surface area contributed by atoms with E-state index in [0.717, 1.165) is 0 Å². The molecular weight excluding hydrogens is 323 g/mol. The van der Waals surface area contributed by atoms with E-state index >= 15 is 0 Å². The highest BCUT2D eigenvalue weighted by atomic mass is 31.2. The summed E-state index contributed by atoms with van der Waals surface area (Å²) in [6, 6.07) is 9.86. The molecule has 0 aliphatic heterocycles. The van der Waals surface area contributed by atoms with E-state index in [1.165, 1.54) is 48.7 Å². The standard InChI is InChI=1S/C15H11O7P/c16-10-3-6-12-14(7-10)21-8-13(15(12)17)9-1-4-11(5-2-9)22-23(18,19)20/h1-8,16H,(H2,18,19,20). The topological polar surface area (TPSA) is 117 Å². The van der Waals surface area contributed by atoms with Crippen molar-refractivity contribution in [3.63, 3.8) is 0 Å². The highest BCUT2D eigenvalue weighted by Gasteiger charge is 2.16. The molecule has 3 N–H and O–H groups in total. The lowest BCUT2D eigenvalue weighted by molar-refractivity contribution is 0.283. The fourth-order valence-corrected chi connectivity index (χ4v) is 2.55. The molecule has 0 saturated carbocycles. The Labute approximate surface area is 129 Å². The Hall–Kier alpha value is -2.60. The summed E-state index contributed by atoms with van der Waals surface area (Å²) in [6.07, 6.45) is 1.27. The quantitative estimate of drug-likeness (QED) is 0.630. The molecule has 0 radical (unpaired) electrons. The molecule has 0 aliphatic rings. The van der Waals surface area contributed by atoms with Crippen molar-refractivity contribution in [2.24, 2.45) is 0 Å². The van der Waals surface area contributed by atoms with Gasteiger partial charge in [0.2, 0.25) is 0 Å². The zero-order valence-corrected chi connectivity index (χ0v) is 12.4. The van der Waals surface area contributed by atoms with Gasteiger partial charge < -0.3 is 14.0 Å². The maximum absolute atomic E-state index is 12.5. The SMILES string of the molecule is O=c1c(-c2ccc(OP(=O)(O)O)cc2)coc2cc(O)ccc12. The zero-order chi connectivity index (χ0) is 16.6. The number of phosphoric acid groups is 1. The predicted molar refractivity (Wildman–Crippen MR) is 82.3 cm³/mol. The van der Waals surface area contributed by atoms with Crippen molar-refractivity contribution >= 4 is 18.8 Å². The van der Waals surface area contributed by atoms with Gasteiger partial charge in [-0.15, -0.1) is 0 Å². The Kier molecular flexibility index (Phi) is 3.69. The maximum Gasteiger partial charge on any atom is 0.524 e. The minimum atomic E-state index is -4.63. The van der Waals surface area contributed by atoms with E-state index < -0.39 is 7.82 Å². The molecule has 3 aromatic rings. The van der Waals surface area contributed by atoms with Crippen molar-refractivity contribution in [2.45, 2.75) is 0 Å². The summed E-state index contributed by atoms with van der Waals surface area (Å²) in [5.74, 6) is -0.0236. The smallest absolute Gasteiger partial charge is 0.508 e. The van der Waals surface area contributed by atoms with Gasteiger partial charge >= 0.3 is 7.82 Å². The zero-order valence-electron chi connectivity index (χ0n) is 11.5. The molecule has 0 saturated heterocycles. The lowest BCUT2D eigenvalue weighted by atomic mass is 10.1. The molecule has 0 fully saturated rings. The van der Waals surface area contributed by atoms with Crippen LogP contribution < -0.4 is 9.95 Å². The second-order valence-electron chi connectivity index (χ2n) is 4.77. The van der Waals surface area contributed by atoms with Crippen molar-refractivity contribution in [1.29, 1.82) is 0 Å². The van der Waals surface area contributed by atoms with Gasteiger partial charge in [-0.05, 0) is 29.8 Å². The third kappa shape index (κ3) is 3.27. The molecule has 0 aliphatic carbocycles. The normalized spacial score (nSPS) is 11.6. The summed E-state index contributed by atoms with van der Waals surface area (Å²) in [5, 5.41) is 9.71. The fraction of sp³-hybridized carbons (Fsp3) is 0. The van der Waals surface area contributed by atoms with E-state index in [-0.39, 0.29) is 28.1 Å². The number of fused-ring (bicyclic) bond motifs is 1. The number of benzene rings is 2. The van der Waals surface area contributed by atoms with Gasteiger partial charge in [-0.2, -0.15) is 0 Å². The van der Waals surface area contributed by atoms with E-state index in [2.05, 4.69) is 4.52 Å². The number of hydrogen-bond acceptors (Lipinski definition) is 5. The minimum absolute atomic E-state index is 0.00709. The summed E-state index contributed by atoms with van der Waals surface area (Å²) < 4.78 is 20.6. The van der Waals surface area contributed by atoms with Gasteiger partial charge in [-0.25, -0.2) is 4.57 Å². The van der Waals surface area contributed by atoms with Crippen LogP contribution in [0.5, 0.6) is 11.5 Å². The summed E-state index contributed by atoms with van der Waals surface area (Å²) in [4.78, 5) is 29.9. The first-order chi connectivity index (χ1) is 10.8. The molecule has 1 aromatic heterocycles. The average Bonchev–Trinajstić information content (AvgIpc) is 2.47. The number of rotatable bonds is 3. The van der Waals surface area contributed by atoms with Gasteiger partial charge in [0.15, 0.2) is 5.43 Å². The van der Waals surface area contributed by atoms with Crippen LogP contribution in [0.1, 0.15) is 0 Å². The van der Waals surface area contributed by atoms with Crippen LogP contribution in [0.2, 0.25) is 0 Å². The van der Waals surface area contributed by atoms with E-state index in [1.807, 2.05) is 0 Å². The molecule has 7 nitrogen and oxygen atoms in total. The van der Waals surface area contributed by atoms with E-state index in [9.17, 15) is 14.5 Å². The van der Waals surface area contributed by atoms with Gasteiger partial charge in [0.25, 0.3) is 0 Å². The van der Waals surface area contributed by atoms with Gasteiger partial charge in [0.1, 0.15) is 23.3 Å². The molecule has 118 valence electrons. The maximum atomic E-state index is 12.5. The second-order valence-corrected chi connectivity index (χ2v) is 5.93.